The second-order valence-electron chi connectivity index (χ2n) is 4.79. The molecular formula is C15H22FN. The summed E-state index contributed by atoms with van der Waals surface area (Å²) in [7, 11) is 0. The zero-order chi connectivity index (χ0) is 12.7. The van der Waals surface area contributed by atoms with Crippen LogP contribution in [0, 0.1) is 18.7 Å². The van der Waals surface area contributed by atoms with Crippen LogP contribution in [0.3, 0.4) is 0 Å². The van der Waals surface area contributed by atoms with E-state index in [1.54, 1.807) is 6.07 Å². The molecule has 0 atom stereocenters. The van der Waals surface area contributed by atoms with Crippen molar-refractivity contribution >= 4 is 6.08 Å². The Kier molecular flexibility index (Phi) is 5.92. The Hall–Kier alpha value is -1.15. The van der Waals surface area contributed by atoms with E-state index in [-0.39, 0.29) is 5.82 Å². The third-order valence-corrected chi connectivity index (χ3v) is 2.58. The van der Waals surface area contributed by atoms with Crippen molar-refractivity contribution in [2.45, 2.75) is 27.2 Å². The van der Waals surface area contributed by atoms with Gasteiger partial charge in [-0.15, -0.1) is 0 Å². The summed E-state index contributed by atoms with van der Waals surface area (Å²) in [6, 6.07) is 4.89. The zero-order valence-corrected chi connectivity index (χ0v) is 11.0. The minimum atomic E-state index is -0.173. The molecule has 0 aliphatic carbocycles. The van der Waals surface area contributed by atoms with Crippen LogP contribution < -0.4 is 5.32 Å². The molecule has 0 saturated carbocycles. The van der Waals surface area contributed by atoms with E-state index < -0.39 is 0 Å². The molecule has 0 unspecified atom stereocenters. The number of rotatable bonds is 6. The van der Waals surface area contributed by atoms with Crippen LogP contribution in [-0.4, -0.2) is 13.1 Å². The van der Waals surface area contributed by atoms with Crippen LogP contribution >= 0.6 is 0 Å². The van der Waals surface area contributed by atoms with E-state index in [1.807, 2.05) is 19.1 Å². The van der Waals surface area contributed by atoms with E-state index in [4.69, 9.17) is 0 Å². The van der Waals surface area contributed by atoms with E-state index in [0.717, 1.165) is 30.6 Å². The molecule has 0 saturated heterocycles. The minimum Gasteiger partial charge on any atom is -0.316 e. The quantitative estimate of drug-likeness (QED) is 0.740. The highest BCUT2D eigenvalue weighted by molar-refractivity contribution is 5.53. The summed E-state index contributed by atoms with van der Waals surface area (Å²) in [6.45, 7) is 8.41. The number of halogens is 1. The highest BCUT2D eigenvalue weighted by Crippen LogP contribution is 2.12. The fraction of sp³-hybridized carbons (Fsp3) is 0.467. The molecule has 1 aromatic rings. The van der Waals surface area contributed by atoms with Crippen LogP contribution in [0.2, 0.25) is 0 Å². The van der Waals surface area contributed by atoms with Crippen LogP contribution in [0.25, 0.3) is 6.08 Å². The number of nitrogens with one attached hydrogen (secondary N) is 1. The first kappa shape index (κ1) is 13.9. The summed E-state index contributed by atoms with van der Waals surface area (Å²) in [5.41, 5.74) is 2.08. The normalized spacial score (nSPS) is 11.6. The maximum atomic E-state index is 13.0. The Morgan fingerprint density at radius 1 is 1.35 bits per heavy atom. The zero-order valence-electron chi connectivity index (χ0n) is 11.0. The largest absolute Gasteiger partial charge is 0.316 e. The van der Waals surface area contributed by atoms with Gasteiger partial charge in [-0.1, -0.05) is 32.1 Å². The van der Waals surface area contributed by atoms with Crippen LogP contribution in [0.15, 0.2) is 24.3 Å². The molecule has 94 valence electrons. The molecule has 1 nitrogen and oxygen atoms in total. The fourth-order valence-corrected chi connectivity index (χ4v) is 1.58. The van der Waals surface area contributed by atoms with E-state index >= 15 is 0 Å². The van der Waals surface area contributed by atoms with E-state index in [1.165, 1.54) is 6.07 Å². The fourth-order valence-electron chi connectivity index (χ4n) is 1.58. The van der Waals surface area contributed by atoms with E-state index in [9.17, 15) is 4.39 Å². The van der Waals surface area contributed by atoms with E-state index in [0.29, 0.717) is 5.92 Å². The monoisotopic (exact) mass is 235 g/mol. The molecule has 0 spiro atoms. The Bertz CT molecular complexity index is 369. The van der Waals surface area contributed by atoms with Gasteiger partial charge in [-0.3, -0.25) is 0 Å². The van der Waals surface area contributed by atoms with Crippen LogP contribution in [0.5, 0.6) is 0 Å². The van der Waals surface area contributed by atoms with Crippen molar-refractivity contribution in [1.29, 1.82) is 0 Å². The minimum absolute atomic E-state index is 0.173. The molecule has 1 N–H and O–H groups in total. The molecule has 0 radical (unpaired) electrons. The van der Waals surface area contributed by atoms with Crippen LogP contribution in [0.4, 0.5) is 4.39 Å². The van der Waals surface area contributed by atoms with Gasteiger partial charge in [-0.2, -0.15) is 0 Å². The third kappa shape index (κ3) is 5.64. The van der Waals surface area contributed by atoms with Crippen molar-refractivity contribution in [2.75, 3.05) is 13.1 Å². The maximum Gasteiger partial charge on any atom is 0.123 e. The first-order valence-electron chi connectivity index (χ1n) is 6.23. The number of benzene rings is 1. The SMILES string of the molecule is Cc1ccc(F)cc1C=CCCNCC(C)C. The molecule has 0 bridgehead atoms. The van der Waals surface area contributed by atoms with Crippen molar-refractivity contribution in [3.05, 3.63) is 41.2 Å². The van der Waals surface area contributed by atoms with Gasteiger partial charge in [0.1, 0.15) is 5.82 Å². The molecule has 0 fully saturated rings. The molecule has 0 aromatic heterocycles. The standard InChI is InChI=1S/C15H22FN/c1-12(2)11-17-9-5-4-6-14-10-15(16)8-7-13(14)3/h4,6-8,10,12,17H,5,9,11H2,1-3H3. The Labute approximate surface area is 104 Å². The predicted molar refractivity (Wildman–Crippen MR) is 72.5 cm³/mol. The van der Waals surface area contributed by atoms with Gasteiger partial charge in [-0.25, -0.2) is 4.39 Å². The molecule has 17 heavy (non-hydrogen) atoms. The topological polar surface area (TPSA) is 12.0 Å². The van der Waals surface area contributed by atoms with Crippen molar-refractivity contribution in [2.24, 2.45) is 5.92 Å². The molecule has 0 amide bonds. The van der Waals surface area contributed by atoms with Gasteiger partial charge < -0.3 is 5.32 Å². The molecule has 0 heterocycles. The first-order valence-corrected chi connectivity index (χ1v) is 6.23. The van der Waals surface area contributed by atoms with Gasteiger partial charge in [0.15, 0.2) is 0 Å². The maximum absolute atomic E-state index is 13.0. The van der Waals surface area contributed by atoms with Crippen LogP contribution in [0.1, 0.15) is 31.4 Å². The predicted octanol–water partition coefficient (Wildman–Crippen LogP) is 3.78. The lowest BCUT2D eigenvalue weighted by Crippen LogP contribution is -2.20. The molecule has 0 aliphatic rings. The molecular weight excluding hydrogens is 213 g/mol. The number of hydrogen-bond acceptors (Lipinski definition) is 1. The van der Waals surface area contributed by atoms with Crippen molar-refractivity contribution in [3.8, 4) is 0 Å². The summed E-state index contributed by atoms with van der Waals surface area (Å²) >= 11 is 0. The summed E-state index contributed by atoms with van der Waals surface area (Å²) in [4.78, 5) is 0. The van der Waals surface area contributed by atoms with Crippen LogP contribution in [-0.2, 0) is 0 Å². The Morgan fingerprint density at radius 3 is 2.82 bits per heavy atom. The summed E-state index contributed by atoms with van der Waals surface area (Å²) in [5.74, 6) is 0.512. The van der Waals surface area contributed by atoms with Gasteiger partial charge in [0.05, 0.1) is 0 Å². The molecule has 0 aliphatic heterocycles. The summed E-state index contributed by atoms with van der Waals surface area (Å²) in [5, 5.41) is 3.37. The van der Waals surface area contributed by atoms with Gasteiger partial charge in [-0.05, 0) is 55.6 Å². The highest BCUT2D eigenvalue weighted by Gasteiger charge is 1.96. The number of hydrogen-bond donors (Lipinski definition) is 1. The Morgan fingerprint density at radius 2 is 2.12 bits per heavy atom. The van der Waals surface area contributed by atoms with E-state index in [2.05, 4.69) is 25.2 Å². The molecule has 2 heteroatoms. The lowest BCUT2D eigenvalue weighted by atomic mass is 10.1. The van der Waals surface area contributed by atoms with Crippen molar-refractivity contribution < 1.29 is 4.39 Å². The first-order chi connectivity index (χ1) is 8.09. The Balaban J connectivity index is 2.35. The lowest BCUT2D eigenvalue weighted by molar-refractivity contribution is 0.557. The number of aryl methyl sites for hydroxylation is 1. The van der Waals surface area contributed by atoms with Crippen molar-refractivity contribution in [3.63, 3.8) is 0 Å². The van der Waals surface area contributed by atoms with Gasteiger partial charge in [0.2, 0.25) is 0 Å². The lowest BCUT2D eigenvalue weighted by Gasteiger charge is -2.05. The van der Waals surface area contributed by atoms with Gasteiger partial charge >= 0.3 is 0 Å². The van der Waals surface area contributed by atoms with Crippen molar-refractivity contribution in [1.82, 2.24) is 5.32 Å². The van der Waals surface area contributed by atoms with Gasteiger partial charge in [0.25, 0.3) is 0 Å². The van der Waals surface area contributed by atoms with Gasteiger partial charge in [0, 0.05) is 0 Å². The summed E-state index contributed by atoms with van der Waals surface area (Å²) in [6.07, 6.45) is 5.06. The molecule has 1 aromatic carbocycles. The third-order valence-electron chi connectivity index (χ3n) is 2.58. The average Bonchev–Trinajstić information content (AvgIpc) is 2.27. The average molecular weight is 235 g/mol. The highest BCUT2D eigenvalue weighted by atomic mass is 19.1. The summed E-state index contributed by atoms with van der Waals surface area (Å²) < 4.78 is 13.0. The smallest absolute Gasteiger partial charge is 0.123 e. The second kappa shape index (κ2) is 7.23. The molecule has 1 rings (SSSR count). The second-order valence-corrected chi connectivity index (χ2v) is 4.79.